The Labute approximate surface area is 236 Å². The van der Waals surface area contributed by atoms with Gasteiger partial charge in [-0.2, -0.15) is 0 Å². The minimum Gasteiger partial charge on any atom is -0.507 e. The van der Waals surface area contributed by atoms with Gasteiger partial charge in [0.1, 0.15) is 5.75 Å². The van der Waals surface area contributed by atoms with Gasteiger partial charge in [0.05, 0.1) is 29.5 Å². The molecule has 2 fully saturated rings. The van der Waals surface area contributed by atoms with E-state index in [-0.39, 0.29) is 24.3 Å². The standard InChI is InChI=1S/C30H33N3O8/c1-33(2)22-21-24(35)17-12-15-8-9-16(13-32-11-10-14-6-4-3-5-7-14)23(34)18(15)25(36)19(17)27(38)30(21,41)28(39)20(26(22)37)29(31)40/h3-9,17,19-22,24,32,34-35,41H,10-13H2,1-2H3,(H2,31,40)/t17-,19?,20?,21-,22+,24+,30+/m1/s1. The number of phenols is 1. The third-order valence-corrected chi connectivity index (χ3v) is 8.85. The number of amides is 1. The lowest BCUT2D eigenvalue weighted by atomic mass is 9.51. The molecule has 41 heavy (non-hydrogen) atoms. The number of phenolic OH excluding ortho intramolecular Hbond substituents is 1. The first-order valence-corrected chi connectivity index (χ1v) is 13.5. The number of rotatable bonds is 7. The van der Waals surface area contributed by atoms with Gasteiger partial charge < -0.3 is 26.4 Å². The number of aliphatic hydroxyl groups is 2. The molecule has 11 heteroatoms. The topological polar surface area (TPSA) is 187 Å². The van der Waals surface area contributed by atoms with Crippen LogP contribution >= 0.6 is 0 Å². The zero-order valence-corrected chi connectivity index (χ0v) is 22.7. The summed E-state index contributed by atoms with van der Waals surface area (Å²) in [5.41, 5.74) is 4.18. The third kappa shape index (κ3) is 4.40. The van der Waals surface area contributed by atoms with Gasteiger partial charge in [-0.05, 0) is 44.6 Å². The summed E-state index contributed by atoms with van der Waals surface area (Å²) in [5, 5.41) is 37.5. The maximum Gasteiger partial charge on any atom is 0.235 e. The highest BCUT2D eigenvalue weighted by molar-refractivity contribution is 6.32. The van der Waals surface area contributed by atoms with Crippen LogP contribution < -0.4 is 11.1 Å². The number of hydrogen-bond acceptors (Lipinski definition) is 10. The highest BCUT2D eigenvalue weighted by Crippen LogP contribution is 2.51. The Kier molecular flexibility index (Phi) is 7.41. The van der Waals surface area contributed by atoms with Crippen molar-refractivity contribution in [2.75, 3.05) is 20.6 Å². The minimum atomic E-state index is -3.00. The van der Waals surface area contributed by atoms with Crippen molar-refractivity contribution in [3.63, 3.8) is 0 Å². The molecule has 6 N–H and O–H groups in total. The molecule has 0 aromatic heterocycles. The summed E-state index contributed by atoms with van der Waals surface area (Å²) in [6.45, 7) is 0.842. The number of Topliss-reactive ketones (excluding diaryl/α,β-unsaturated/α-hetero) is 4. The number of benzene rings is 2. The zero-order valence-electron chi connectivity index (χ0n) is 22.7. The van der Waals surface area contributed by atoms with Crippen LogP contribution in [-0.2, 0) is 38.6 Å². The van der Waals surface area contributed by atoms with E-state index in [0.717, 1.165) is 12.0 Å². The molecule has 0 aliphatic heterocycles. The highest BCUT2D eigenvalue weighted by Gasteiger charge is 2.72. The largest absolute Gasteiger partial charge is 0.507 e. The predicted molar refractivity (Wildman–Crippen MR) is 145 cm³/mol. The quantitative estimate of drug-likeness (QED) is 0.210. The molecule has 3 aliphatic rings. The monoisotopic (exact) mass is 563 g/mol. The fourth-order valence-electron chi connectivity index (χ4n) is 6.88. The molecule has 7 atom stereocenters. The Balaban J connectivity index is 1.47. The van der Waals surface area contributed by atoms with E-state index in [9.17, 15) is 39.3 Å². The Morgan fingerprint density at radius 1 is 1.07 bits per heavy atom. The lowest BCUT2D eigenvalue weighted by Gasteiger charge is -2.54. The molecule has 2 unspecified atom stereocenters. The van der Waals surface area contributed by atoms with E-state index >= 15 is 0 Å². The fraction of sp³-hybridized carbons (Fsp3) is 0.433. The van der Waals surface area contributed by atoms with Gasteiger partial charge in [0.25, 0.3) is 0 Å². The first kappa shape index (κ1) is 28.7. The van der Waals surface area contributed by atoms with Crippen LogP contribution in [0.25, 0.3) is 0 Å². The van der Waals surface area contributed by atoms with Gasteiger partial charge >= 0.3 is 0 Å². The molecule has 5 rings (SSSR count). The molecule has 0 radical (unpaired) electrons. The van der Waals surface area contributed by atoms with Crippen molar-refractivity contribution in [2.24, 2.45) is 29.4 Å². The van der Waals surface area contributed by atoms with Gasteiger partial charge in [-0.25, -0.2) is 0 Å². The smallest absolute Gasteiger partial charge is 0.235 e. The summed E-state index contributed by atoms with van der Waals surface area (Å²) in [7, 11) is 2.91. The second-order valence-electron chi connectivity index (χ2n) is 11.4. The molecule has 216 valence electrons. The Morgan fingerprint density at radius 3 is 2.39 bits per heavy atom. The van der Waals surface area contributed by atoms with Crippen LogP contribution in [0.4, 0.5) is 0 Å². The average Bonchev–Trinajstić information content (AvgIpc) is 2.92. The summed E-state index contributed by atoms with van der Waals surface area (Å²) in [5.74, 6) is -12.5. The van der Waals surface area contributed by atoms with E-state index < -0.39 is 70.5 Å². The van der Waals surface area contributed by atoms with Crippen LogP contribution in [0.2, 0.25) is 0 Å². The third-order valence-electron chi connectivity index (χ3n) is 8.85. The van der Waals surface area contributed by atoms with Crippen molar-refractivity contribution >= 4 is 29.0 Å². The van der Waals surface area contributed by atoms with E-state index in [0.29, 0.717) is 17.7 Å². The summed E-state index contributed by atoms with van der Waals surface area (Å²) >= 11 is 0. The number of primary amides is 1. The summed E-state index contributed by atoms with van der Waals surface area (Å²) in [4.78, 5) is 67.6. The SMILES string of the molecule is CN(C)[C@@H]1C(=O)C(C(N)=O)C(=O)[C@@]2(O)C(=O)C3C(=O)c4c(ccc(CNCCc5ccccc5)c4O)C[C@H]3[C@H](O)[C@@H]12. The van der Waals surface area contributed by atoms with Crippen molar-refractivity contribution in [1.82, 2.24) is 10.2 Å². The number of hydrogen-bond donors (Lipinski definition) is 5. The first-order valence-electron chi connectivity index (χ1n) is 13.5. The number of ketones is 4. The predicted octanol–water partition coefficient (Wildman–Crippen LogP) is -0.830. The van der Waals surface area contributed by atoms with Crippen molar-refractivity contribution in [1.29, 1.82) is 0 Å². The van der Waals surface area contributed by atoms with E-state index in [2.05, 4.69) is 5.32 Å². The van der Waals surface area contributed by atoms with Gasteiger partial charge in [0, 0.05) is 18.0 Å². The van der Waals surface area contributed by atoms with Crippen LogP contribution in [-0.4, -0.2) is 87.6 Å². The van der Waals surface area contributed by atoms with Crippen LogP contribution in [0.15, 0.2) is 42.5 Å². The van der Waals surface area contributed by atoms with Crippen molar-refractivity contribution < 1.29 is 39.3 Å². The van der Waals surface area contributed by atoms with Crippen molar-refractivity contribution in [2.45, 2.75) is 37.1 Å². The van der Waals surface area contributed by atoms with Crippen molar-refractivity contribution in [3.05, 3.63) is 64.7 Å². The molecule has 11 nitrogen and oxygen atoms in total. The number of aliphatic hydroxyl groups excluding tert-OH is 1. The number of nitrogens with two attached hydrogens (primary N) is 1. The summed E-state index contributed by atoms with van der Waals surface area (Å²) < 4.78 is 0. The fourth-order valence-corrected chi connectivity index (χ4v) is 6.88. The molecular formula is C30H33N3O8. The maximum atomic E-state index is 13.9. The van der Waals surface area contributed by atoms with Crippen LogP contribution in [0.5, 0.6) is 5.75 Å². The van der Waals surface area contributed by atoms with Crippen LogP contribution in [0, 0.1) is 23.7 Å². The Hall–Kier alpha value is -3.77. The number of likely N-dealkylation sites (N-methyl/N-ethyl adjacent to an activating group) is 1. The van der Waals surface area contributed by atoms with E-state index in [4.69, 9.17) is 5.73 Å². The molecule has 2 aromatic carbocycles. The molecule has 0 saturated heterocycles. The Morgan fingerprint density at radius 2 is 1.76 bits per heavy atom. The molecule has 0 bridgehead atoms. The van der Waals surface area contributed by atoms with Gasteiger partial charge in [-0.3, -0.25) is 28.9 Å². The van der Waals surface area contributed by atoms with E-state index in [1.807, 2.05) is 30.3 Å². The average molecular weight is 564 g/mol. The minimum absolute atomic E-state index is 0.0116. The van der Waals surface area contributed by atoms with Gasteiger partial charge in [-0.1, -0.05) is 42.5 Å². The number of fused-ring (bicyclic) bond motifs is 3. The number of aromatic hydroxyl groups is 1. The second-order valence-corrected chi connectivity index (χ2v) is 11.4. The molecule has 0 spiro atoms. The number of nitrogens with zero attached hydrogens (tertiary/aromatic N) is 1. The van der Waals surface area contributed by atoms with E-state index in [1.54, 1.807) is 12.1 Å². The highest BCUT2D eigenvalue weighted by atomic mass is 16.3. The molecular weight excluding hydrogens is 530 g/mol. The van der Waals surface area contributed by atoms with E-state index in [1.165, 1.54) is 19.0 Å². The molecule has 3 aliphatic carbocycles. The summed E-state index contributed by atoms with van der Waals surface area (Å²) in [6, 6.07) is 11.7. The Bertz CT molecular complexity index is 1440. The molecule has 2 saturated carbocycles. The van der Waals surface area contributed by atoms with Crippen LogP contribution in [0.1, 0.15) is 27.0 Å². The van der Waals surface area contributed by atoms with Gasteiger partial charge in [0.2, 0.25) is 5.91 Å². The normalized spacial score (nSPS) is 31.0. The zero-order chi connectivity index (χ0) is 29.8. The number of nitrogens with one attached hydrogen (secondary N) is 1. The van der Waals surface area contributed by atoms with Crippen LogP contribution in [0.3, 0.4) is 0 Å². The molecule has 0 heterocycles. The summed E-state index contributed by atoms with van der Waals surface area (Å²) in [6.07, 6.45) is -0.893. The lowest BCUT2D eigenvalue weighted by molar-refractivity contribution is -0.195. The molecule has 1 amide bonds. The number of carbonyl (C=O) groups excluding carboxylic acids is 5. The molecule has 2 aromatic rings. The maximum absolute atomic E-state index is 13.9. The lowest BCUT2D eigenvalue weighted by Crippen LogP contribution is -2.77. The first-order chi connectivity index (χ1) is 19.4. The van der Waals surface area contributed by atoms with Gasteiger partial charge in [0.15, 0.2) is 34.7 Å². The van der Waals surface area contributed by atoms with Crippen molar-refractivity contribution in [3.8, 4) is 5.75 Å². The number of carbonyl (C=O) groups is 5. The van der Waals surface area contributed by atoms with Gasteiger partial charge in [-0.15, -0.1) is 0 Å². The second kappa shape index (κ2) is 10.6.